The van der Waals surface area contributed by atoms with Gasteiger partial charge in [-0.25, -0.2) is 9.13 Å². The van der Waals surface area contributed by atoms with Crippen molar-refractivity contribution in [3.8, 4) is 0 Å². The molecule has 0 aromatic carbocycles. The van der Waals surface area contributed by atoms with Gasteiger partial charge in [-0.3, -0.25) is 37.3 Å². The summed E-state index contributed by atoms with van der Waals surface area (Å²) in [5.74, 6) is -0.576. The van der Waals surface area contributed by atoms with Crippen LogP contribution in [-0.4, -0.2) is 96.7 Å². The first kappa shape index (κ1) is 107. The van der Waals surface area contributed by atoms with Crippen LogP contribution in [0.3, 0.4) is 0 Å². The van der Waals surface area contributed by atoms with Gasteiger partial charge in [0.25, 0.3) is 0 Å². The molecule has 3 unspecified atom stereocenters. The Morgan fingerprint density at radius 3 is 0.697 bits per heavy atom. The molecule has 0 saturated heterocycles. The second kappa shape index (κ2) is 81.2. The molecule has 3 N–H and O–H groups in total. The maximum atomic E-state index is 13.2. The van der Waals surface area contributed by atoms with Crippen molar-refractivity contribution in [2.75, 3.05) is 39.6 Å². The Hall–Kier alpha value is -1.94. The summed E-state index contributed by atoms with van der Waals surface area (Å²) in [4.78, 5) is 73.3. The van der Waals surface area contributed by atoms with Crippen LogP contribution in [0.5, 0.6) is 0 Å². The highest BCUT2D eigenvalue weighted by Gasteiger charge is 2.31. The number of carbonyl (C=O) groups excluding carboxylic acids is 4. The topological polar surface area (TPSA) is 237 Å². The molecule has 0 aromatic heterocycles. The van der Waals surface area contributed by atoms with E-state index in [-0.39, 0.29) is 25.7 Å². The average Bonchev–Trinajstić information content (AvgIpc) is 0.916. The third kappa shape index (κ3) is 82.4. The van der Waals surface area contributed by atoms with E-state index in [1.165, 1.54) is 295 Å². The highest BCUT2D eigenvalue weighted by molar-refractivity contribution is 7.47. The van der Waals surface area contributed by atoms with E-state index in [1.807, 2.05) is 0 Å². The first-order valence-corrected chi connectivity index (χ1v) is 49.5. The Morgan fingerprint density at radius 2 is 0.468 bits per heavy atom. The minimum absolute atomic E-state index is 0.107. The van der Waals surface area contributed by atoms with Gasteiger partial charge in [0, 0.05) is 25.7 Å². The van der Waals surface area contributed by atoms with Gasteiger partial charge in [0.1, 0.15) is 19.3 Å². The summed E-state index contributed by atoms with van der Waals surface area (Å²) in [6, 6.07) is 0. The van der Waals surface area contributed by atoms with Gasteiger partial charge in [0.05, 0.1) is 26.4 Å². The van der Waals surface area contributed by atoms with Crippen LogP contribution >= 0.6 is 15.6 Å². The molecule has 648 valence electrons. The minimum Gasteiger partial charge on any atom is -0.462 e. The fraction of sp³-hybridized carbons (Fsp3) is 0.956. The monoisotopic (exact) mass is 1590 g/mol. The maximum Gasteiger partial charge on any atom is 0.472 e. The van der Waals surface area contributed by atoms with Gasteiger partial charge in [-0.2, -0.15) is 0 Å². The molecular formula is C90H176O17P2. The normalized spacial score (nSPS) is 14.0. The molecule has 0 aliphatic carbocycles. The fourth-order valence-electron chi connectivity index (χ4n) is 14.1. The number of aliphatic hydroxyl groups is 1. The number of esters is 4. The van der Waals surface area contributed by atoms with Gasteiger partial charge in [0.2, 0.25) is 0 Å². The number of carbonyl (C=O) groups is 4. The summed E-state index contributed by atoms with van der Waals surface area (Å²) >= 11 is 0. The molecule has 17 nitrogen and oxygen atoms in total. The van der Waals surface area contributed by atoms with Gasteiger partial charge in [-0.15, -0.1) is 0 Å². The van der Waals surface area contributed by atoms with Gasteiger partial charge < -0.3 is 33.8 Å². The lowest BCUT2D eigenvalue weighted by Gasteiger charge is -2.21. The van der Waals surface area contributed by atoms with Gasteiger partial charge in [-0.1, -0.05) is 433 Å². The number of unbranched alkanes of at least 4 members (excludes halogenated alkanes) is 58. The van der Waals surface area contributed by atoms with Crippen molar-refractivity contribution in [2.24, 2.45) is 11.8 Å². The highest BCUT2D eigenvalue weighted by atomic mass is 31.2. The van der Waals surface area contributed by atoms with Crippen LogP contribution in [0.25, 0.3) is 0 Å². The van der Waals surface area contributed by atoms with Crippen molar-refractivity contribution in [2.45, 2.75) is 503 Å². The number of hydrogen-bond acceptors (Lipinski definition) is 15. The standard InChI is InChI=1S/C90H176O17P2/c1-7-10-12-14-16-18-20-22-24-26-28-30-31-33-35-37-42-46-50-54-62-68-74-89(94)106-85(78-100-87(92)72-66-60-53-49-45-41-36-34-32-29-27-25-23-21-19-17-15-13-11-8-2)80-104-108(96,97)102-76-84(91)77-103-109(98,99)105-81-86(79-101-88(93)73-67-61-57-56-58-64-70-82(4)5)107-90(95)75-69-63-55-51-47-43-39-38-40-44-48-52-59-65-71-83(6)9-3/h82-86,91H,7-81H2,1-6H3,(H,96,97)(H,98,99)/t83?,84-,85-,86-/m1/s1. The van der Waals surface area contributed by atoms with Crippen LogP contribution in [0.2, 0.25) is 0 Å². The number of hydrogen-bond donors (Lipinski definition) is 3. The zero-order valence-corrected chi connectivity index (χ0v) is 73.7. The number of aliphatic hydroxyl groups excluding tert-OH is 1. The van der Waals surface area contributed by atoms with E-state index in [0.717, 1.165) is 102 Å². The van der Waals surface area contributed by atoms with Crippen LogP contribution < -0.4 is 0 Å². The lowest BCUT2D eigenvalue weighted by Crippen LogP contribution is -2.30. The van der Waals surface area contributed by atoms with Crippen LogP contribution in [-0.2, 0) is 65.4 Å². The van der Waals surface area contributed by atoms with E-state index in [4.69, 9.17) is 37.0 Å². The smallest absolute Gasteiger partial charge is 0.462 e. The average molecular weight is 1590 g/mol. The van der Waals surface area contributed by atoms with Crippen molar-refractivity contribution in [3.63, 3.8) is 0 Å². The van der Waals surface area contributed by atoms with Crippen LogP contribution in [0.15, 0.2) is 0 Å². The van der Waals surface area contributed by atoms with Crippen LogP contribution in [0.4, 0.5) is 0 Å². The van der Waals surface area contributed by atoms with Gasteiger partial charge >= 0.3 is 39.5 Å². The van der Waals surface area contributed by atoms with Crippen molar-refractivity contribution >= 4 is 39.5 Å². The largest absolute Gasteiger partial charge is 0.472 e. The molecule has 0 heterocycles. The second-order valence-corrected chi connectivity index (χ2v) is 36.0. The number of ether oxygens (including phenoxy) is 4. The molecule has 0 aromatic rings. The Kier molecular flexibility index (Phi) is 79.8. The van der Waals surface area contributed by atoms with E-state index in [0.29, 0.717) is 31.6 Å². The second-order valence-electron chi connectivity index (χ2n) is 33.1. The summed E-state index contributed by atoms with van der Waals surface area (Å²) in [6.07, 6.45) is 75.3. The quantitative estimate of drug-likeness (QED) is 0.0222. The molecule has 0 aliphatic rings. The van der Waals surface area contributed by atoms with Crippen molar-refractivity contribution < 1.29 is 80.2 Å². The Labute approximate surface area is 670 Å². The zero-order valence-electron chi connectivity index (χ0n) is 71.9. The summed E-state index contributed by atoms with van der Waals surface area (Å²) in [5, 5.41) is 10.7. The van der Waals surface area contributed by atoms with E-state index < -0.39 is 97.5 Å². The molecule has 0 aliphatic heterocycles. The maximum absolute atomic E-state index is 13.2. The van der Waals surface area contributed by atoms with Crippen molar-refractivity contribution in [1.29, 1.82) is 0 Å². The minimum atomic E-state index is -4.97. The lowest BCUT2D eigenvalue weighted by molar-refractivity contribution is -0.161. The van der Waals surface area contributed by atoms with E-state index in [9.17, 15) is 43.2 Å². The van der Waals surface area contributed by atoms with E-state index in [2.05, 4.69) is 41.5 Å². The number of rotatable bonds is 89. The highest BCUT2D eigenvalue weighted by Crippen LogP contribution is 2.45. The summed E-state index contributed by atoms with van der Waals surface area (Å²) in [6.45, 7) is 9.66. The first-order chi connectivity index (χ1) is 52.9. The molecule has 6 atom stereocenters. The zero-order chi connectivity index (χ0) is 79.9. The Bertz CT molecular complexity index is 2080. The predicted molar refractivity (Wildman–Crippen MR) is 451 cm³/mol. The molecule has 0 spiro atoms. The van der Waals surface area contributed by atoms with Gasteiger partial charge in [-0.05, 0) is 37.5 Å². The summed E-state index contributed by atoms with van der Waals surface area (Å²) in [7, 11) is -9.93. The van der Waals surface area contributed by atoms with Gasteiger partial charge in [0.15, 0.2) is 12.2 Å². The Balaban J connectivity index is 5.20. The van der Waals surface area contributed by atoms with E-state index >= 15 is 0 Å². The molecular weight excluding hydrogens is 1410 g/mol. The molecule has 0 radical (unpaired) electrons. The predicted octanol–water partition coefficient (Wildman–Crippen LogP) is 27.8. The van der Waals surface area contributed by atoms with Crippen LogP contribution in [0.1, 0.15) is 485 Å². The third-order valence-electron chi connectivity index (χ3n) is 21.6. The molecule has 0 saturated carbocycles. The molecule has 0 rings (SSSR count). The number of phosphoric ester groups is 2. The van der Waals surface area contributed by atoms with Crippen molar-refractivity contribution in [1.82, 2.24) is 0 Å². The van der Waals surface area contributed by atoms with E-state index in [1.54, 1.807) is 0 Å². The summed E-state index contributed by atoms with van der Waals surface area (Å²) in [5.41, 5.74) is 0. The molecule has 0 fully saturated rings. The van der Waals surface area contributed by atoms with Crippen LogP contribution in [0, 0.1) is 11.8 Å². The first-order valence-electron chi connectivity index (χ1n) is 46.5. The summed E-state index contributed by atoms with van der Waals surface area (Å²) < 4.78 is 69.0. The number of phosphoric acid groups is 2. The SMILES string of the molecule is CCCCCCCCCCCCCCCCCCCCCCCCC(=O)O[C@H](COC(=O)CCCCCCCCCCCCCCCCCCCCCC)COP(=O)(O)OC[C@@H](O)COP(=O)(O)OC[C@@H](COC(=O)CCCCCCCCC(C)C)OC(=O)CCCCCCCCCCCCCCCCC(C)CC. The van der Waals surface area contributed by atoms with Crippen molar-refractivity contribution in [3.05, 3.63) is 0 Å². The third-order valence-corrected chi connectivity index (χ3v) is 23.5. The fourth-order valence-corrected chi connectivity index (χ4v) is 15.7. The molecule has 0 bridgehead atoms. The molecule has 19 heteroatoms. The molecule has 0 amide bonds. The lowest BCUT2D eigenvalue weighted by atomic mass is 9.99. The molecule has 109 heavy (non-hydrogen) atoms. The Morgan fingerprint density at radius 1 is 0.266 bits per heavy atom.